The Hall–Kier alpha value is -0.540. The second-order valence-corrected chi connectivity index (χ2v) is 5.74. The Morgan fingerprint density at radius 2 is 1.81 bits per heavy atom. The lowest BCUT2D eigenvalue weighted by Gasteiger charge is -2.36. The molecule has 3 nitrogen and oxygen atoms in total. The summed E-state index contributed by atoms with van der Waals surface area (Å²) in [5.41, 5.74) is 0.956. The van der Waals surface area contributed by atoms with Gasteiger partial charge in [-0.05, 0) is 12.3 Å². The zero-order valence-electron chi connectivity index (χ0n) is 10.3. The van der Waals surface area contributed by atoms with Gasteiger partial charge in [0.25, 0.3) is 0 Å². The van der Waals surface area contributed by atoms with Crippen LogP contribution in [-0.4, -0.2) is 23.3 Å². The SMILES string of the molecule is CC(N(C)c1cc(Cl)nnc1Cl)C(C)(C)C. The van der Waals surface area contributed by atoms with Crippen molar-refractivity contribution in [1.29, 1.82) is 0 Å². The van der Waals surface area contributed by atoms with Crippen LogP contribution in [0.1, 0.15) is 27.7 Å². The van der Waals surface area contributed by atoms with Crippen molar-refractivity contribution in [2.24, 2.45) is 5.41 Å². The van der Waals surface area contributed by atoms with Crippen molar-refractivity contribution in [3.05, 3.63) is 16.4 Å². The van der Waals surface area contributed by atoms with Crippen LogP contribution in [0.15, 0.2) is 6.07 Å². The Bertz CT molecular complexity index is 374. The van der Waals surface area contributed by atoms with Crippen LogP contribution in [0.5, 0.6) is 0 Å². The van der Waals surface area contributed by atoms with Crippen LogP contribution in [0.25, 0.3) is 0 Å². The Balaban J connectivity index is 3.05. The van der Waals surface area contributed by atoms with E-state index < -0.39 is 0 Å². The minimum absolute atomic E-state index is 0.147. The third-order valence-electron chi connectivity index (χ3n) is 2.91. The molecule has 0 aliphatic heterocycles. The molecule has 0 saturated carbocycles. The predicted octanol–water partition coefficient (Wildman–Crippen LogP) is 3.65. The highest BCUT2D eigenvalue weighted by Gasteiger charge is 2.25. The molecule has 0 bridgehead atoms. The topological polar surface area (TPSA) is 29.0 Å². The molecule has 0 amide bonds. The third kappa shape index (κ3) is 2.98. The van der Waals surface area contributed by atoms with Crippen LogP contribution >= 0.6 is 23.2 Å². The molecule has 1 rings (SSSR count). The van der Waals surface area contributed by atoms with Gasteiger partial charge in [0.2, 0.25) is 0 Å². The van der Waals surface area contributed by atoms with Crippen LogP contribution in [0, 0.1) is 5.41 Å². The lowest BCUT2D eigenvalue weighted by Crippen LogP contribution is -2.39. The normalized spacial score (nSPS) is 13.7. The summed E-state index contributed by atoms with van der Waals surface area (Å²) >= 11 is 11.8. The monoisotopic (exact) mass is 261 g/mol. The predicted molar refractivity (Wildman–Crippen MR) is 69.4 cm³/mol. The van der Waals surface area contributed by atoms with Gasteiger partial charge < -0.3 is 4.90 Å². The maximum Gasteiger partial charge on any atom is 0.175 e. The van der Waals surface area contributed by atoms with Crippen molar-refractivity contribution in [3.8, 4) is 0 Å². The van der Waals surface area contributed by atoms with E-state index in [4.69, 9.17) is 23.2 Å². The molecular weight excluding hydrogens is 245 g/mol. The van der Waals surface area contributed by atoms with E-state index in [2.05, 4.69) is 42.8 Å². The number of hydrogen-bond donors (Lipinski definition) is 0. The average Bonchev–Trinajstić information content (AvgIpc) is 2.18. The smallest absolute Gasteiger partial charge is 0.175 e. The van der Waals surface area contributed by atoms with Crippen LogP contribution in [0.2, 0.25) is 10.3 Å². The summed E-state index contributed by atoms with van der Waals surface area (Å²) in [5.74, 6) is 0. The molecule has 0 aliphatic rings. The molecule has 1 atom stereocenters. The van der Waals surface area contributed by atoms with Gasteiger partial charge in [-0.25, -0.2) is 0 Å². The van der Waals surface area contributed by atoms with Crippen LogP contribution < -0.4 is 4.90 Å². The van der Waals surface area contributed by atoms with Gasteiger partial charge in [-0.3, -0.25) is 0 Å². The molecule has 90 valence electrons. The van der Waals surface area contributed by atoms with E-state index in [1.165, 1.54) is 0 Å². The highest BCUT2D eigenvalue weighted by molar-refractivity contribution is 6.33. The first-order valence-electron chi connectivity index (χ1n) is 5.15. The van der Waals surface area contributed by atoms with E-state index in [1.807, 2.05) is 7.05 Å². The molecule has 1 aromatic rings. The molecule has 0 saturated heterocycles. The Kier molecular flexibility index (Phi) is 4.02. The van der Waals surface area contributed by atoms with Crippen molar-refractivity contribution in [3.63, 3.8) is 0 Å². The molecule has 16 heavy (non-hydrogen) atoms. The molecule has 0 aliphatic carbocycles. The lowest BCUT2D eigenvalue weighted by molar-refractivity contribution is 0.329. The lowest BCUT2D eigenvalue weighted by atomic mass is 9.87. The Morgan fingerprint density at radius 1 is 1.25 bits per heavy atom. The minimum atomic E-state index is 0.147. The molecular formula is C11H17Cl2N3. The van der Waals surface area contributed by atoms with Crippen LogP contribution in [-0.2, 0) is 0 Å². The number of hydrogen-bond acceptors (Lipinski definition) is 3. The van der Waals surface area contributed by atoms with Crippen LogP contribution in [0.4, 0.5) is 5.69 Å². The summed E-state index contributed by atoms with van der Waals surface area (Å²) < 4.78 is 0. The number of halogens is 2. The zero-order chi connectivity index (χ0) is 12.5. The standard InChI is InChI=1S/C11H17Cl2N3/c1-7(11(2,3)4)16(5)8-6-9(12)14-15-10(8)13/h6-7H,1-5H3. The largest absolute Gasteiger partial charge is 0.369 e. The molecule has 0 radical (unpaired) electrons. The molecule has 1 aromatic heterocycles. The Morgan fingerprint density at radius 3 is 2.31 bits per heavy atom. The van der Waals surface area contributed by atoms with Crippen molar-refractivity contribution < 1.29 is 0 Å². The first-order valence-corrected chi connectivity index (χ1v) is 5.90. The zero-order valence-corrected chi connectivity index (χ0v) is 11.8. The fourth-order valence-corrected chi connectivity index (χ4v) is 1.75. The van der Waals surface area contributed by atoms with Gasteiger partial charge in [-0.15, -0.1) is 10.2 Å². The van der Waals surface area contributed by atoms with E-state index >= 15 is 0 Å². The van der Waals surface area contributed by atoms with E-state index in [0.717, 1.165) is 5.69 Å². The molecule has 0 spiro atoms. The molecule has 5 heteroatoms. The molecule has 0 aromatic carbocycles. The van der Waals surface area contributed by atoms with E-state index in [1.54, 1.807) is 6.07 Å². The van der Waals surface area contributed by atoms with Gasteiger partial charge in [0, 0.05) is 19.2 Å². The quantitative estimate of drug-likeness (QED) is 0.814. The molecule has 1 unspecified atom stereocenters. The number of aromatic nitrogens is 2. The van der Waals surface area contributed by atoms with Crippen molar-refractivity contribution >= 4 is 28.9 Å². The number of anilines is 1. The minimum Gasteiger partial charge on any atom is -0.369 e. The first kappa shape index (κ1) is 13.5. The van der Waals surface area contributed by atoms with Crippen LogP contribution in [0.3, 0.4) is 0 Å². The molecule has 1 heterocycles. The highest BCUT2D eigenvalue weighted by Crippen LogP contribution is 2.31. The van der Waals surface area contributed by atoms with E-state index in [-0.39, 0.29) is 5.41 Å². The summed E-state index contributed by atoms with van der Waals surface area (Å²) in [5, 5.41) is 8.24. The summed E-state index contributed by atoms with van der Waals surface area (Å²) in [7, 11) is 1.98. The second kappa shape index (κ2) is 4.76. The van der Waals surface area contributed by atoms with Crippen molar-refractivity contribution in [2.75, 3.05) is 11.9 Å². The molecule has 0 N–H and O–H groups in total. The third-order valence-corrected chi connectivity index (χ3v) is 3.37. The second-order valence-electron chi connectivity index (χ2n) is 5.00. The summed E-state index contributed by atoms with van der Waals surface area (Å²) in [4.78, 5) is 2.07. The summed E-state index contributed by atoms with van der Waals surface area (Å²) in [6.07, 6.45) is 0. The number of rotatable bonds is 2. The summed E-state index contributed by atoms with van der Waals surface area (Å²) in [6, 6.07) is 2.05. The number of nitrogens with zero attached hydrogens (tertiary/aromatic N) is 3. The van der Waals surface area contributed by atoms with Crippen molar-refractivity contribution in [2.45, 2.75) is 33.7 Å². The van der Waals surface area contributed by atoms with E-state index in [9.17, 15) is 0 Å². The van der Waals surface area contributed by atoms with Crippen molar-refractivity contribution in [1.82, 2.24) is 10.2 Å². The Labute approximate surface area is 107 Å². The maximum atomic E-state index is 6.01. The van der Waals surface area contributed by atoms with Gasteiger partial charge in [0.15, 0.2) is 10.3 Å². The fraction of sp³-hybridized carbons (Fsp3) is 0.636. The van der Waals surface area contributed by atoms with Gasteiger partial charge in [-0.1, -0.05) is 44.0 Å². The van der Waals surface area contributed by atoms with E-state index in [0.29, 0.717) is 16.3 Å². The first-order chi connectivity index (χ1) is 7.23. The van der Waals surface area contributed by atoms with Gasteiger partial charge in [0.1, 0.15) is 0 Å². The fourth-order valence-electron chi connectivity index (χ4n) is 1.38. The van der Waals surface area contributed by atoms with Gasteiger partial charge in [-0.2, -0.15) is 0 Å². The maximum absolute atomic E-state index is 6.01. The van der Waals surface area contributed by atoms with Gasteiger partial charge >= 0.3 is 0 Å². The summed E-state index contributed by atoms with van der Waals surface area (Å²) in [6.45, 7) is 8.68. The highest BCUT2D eigenvalue weighted by atomic mass is 35.5. The average molecular weight is 262 g/mol. The van der Waals surface area contributed by atoms with Gasteiger partial charge in [0.05, 0.1) is 5.69 Å². The molecule has 0 fully saturated rings.